The van der Waals surface area contributed by atoms with Gasteiger partial charge in [0.15, 0.2) is 0 Å². The zero-order valence-electron chi connectivity index (χ0n) is 14.9. The topological polar surface area (TPSA) is 69.8 Å². The van der Waals surface area contributed by atoms with Crippen molar-refractivity contribution in [1.82, 2.24) is 14.0 Å². The molecule has 1 saturated heterocycles. The van der Waals surface area contributed by atoms with E-state index in [1.807, 2.05) is 41.8 Å². The van der Waals surface area contributed by atoms with Gasteiger partial charge in [-0.05, 0) is 31.0 Å². The molecule has 1 aliphatic heterocycles. The maximum Gasteiger partial charge on any atom is 0.277 e. The second-order valence-electron chi connectivity index (χ2n) is 6.55. The number of hydrogen-bond donors (Lipinski definition) is 1. The molecule has 1 atom stereocenters. The van der Waals surface area contributed by atoms with Gasteiger partial charge >= 0.3 is 0 Å². The maximum atomic E-state index is 13.0. The van der Waals surface area contributed by atoms with Crippen molar-refractivity contribution in [2.45, 2.75) is 25.9 Å². The van der Waals surface area contributed by atoms with Crippen molar-refractivity contribution in [3.8, 4) is 5.75 Å². The Morgan fingerprint density at radius 1 is 1.35 bits per heavy atom. The minimum Gasteiger partial charge on any atom is -0.497 e. The third kappa shape index (κ3) is 3.06. The van der Waals surface area contributed by atoms with Gasteiger partial charge in [-0.1, -0.05) is 12.1 Å². The number of nitrogens with zero attached hydrogens (tertiary/aromatic N) is 3. The second kappa shape index (κ2) is 6.84. The van der Waals surface area contributed by atoms with Gasteiger partial charge in [0.25, 0.3) is 5.56 Å². The number of hydrogen-bond acceptors (Lipinski definition) is 5. The van der Waals surface area contributed by atoms with Crippen LogP contribution in [-0.2, 0) is 11.3 Å². The van der Waals surface area contributed by atoms with Crippen molar-refractivity contribution < 1.29 is 9.47 Å². The summed E-state index contributed by atoms with van der Waals surface area (Å²) in [4.78, 5) is 17.4. The first-order valence-electron chi connectivity index (χ1n) is 8.70. The second-order valence-corrected chi connectivity index (χ2v) is 6.55. The van der Waals surface area contributed by atoms with Gasteiger partial charge in [0, 0.05) is 18.5 Å². The molecule has 2 aromatic heterocycles. The Kier molecular flexibility index (Phi) is 4.38. The van der Waals surface area contributed by atoms with E-state index in [0.717, 1.165) is 30.0 Å². The highest BCUT2D eigenvalue weighted by Gasteiger charge is 2.18. The van der Waals surface area contributed by atoms with E-state index in [1.165, 1.54) is 0 Å². The molecule has 3 aromatic rings. The summed E-state index contributed by atoms with van der Waals surface area (Å²) in [6, 6.07) is 7.98. The summed E-state index contributed by atoms with van der Waals surface area (Å²) < 4.78 is 14.2. The zero-order valence-corrected chi connectivity index (χ0v) is 14.9. The Hall–Kier alpha value is -2.80. The lowest BCUT2D eigenvalue weighted by Crippen LogP contribution is -2.26. The predicted molar refractivity (Wildman–Crippen MR) is 99.1 cm³/mol. The summed E-state index contributed by atoms with van der Waals surface area (Å²) in [7, 11) is 1.64. The van der Waals surface area contributed by atoms with Crippen molar-refractivity contribution >= 4 is 11.5 Å². The monoisotopic (exact) mass is 354 g/mol. The lowest BCUT2D eigenvalue weighted by Gasteiger charge is -2.14. The molecule has 0 bridgehead atoms. The lowest BCUT2D eigenvalue weighted by molar-refractivity contribution is 0.195. The van der Waals surface area contributed by atoms with Crippen LogP contribution in [0.3, 0.4) is 0 Å². The molecule has 7 heteroatoms. The van der Waals surface area contributed by atoms with Gasteiger partial charge in [0.1, 0.15) is 11.3 Å². The van der Waals surface area contributed by atoms with Crippen molar-refractivity contribution in [1.29, 1.82) is 0 Å². The van der Waals surface area contributed by atoms with E-state index in [4.69, 9.17) is 9.47 Å². The largest absolute Gasteiger partial charge is 0.497 e. The minimum absolute atomic E-state index is 0.0518. The van der Waals surface area contributed by atoms with Crippen LogP contribution in [0.5, 0.6) is 5.75 Å². The molecule has 1 unspecified atom stereocenters. The van der Waals surface area contributed by atoms with Crippen LogP contribution in [0.15, 0.2) is 41.5 Å². The van der Waals surface area contributed by atoms with Crippen LogP contribution < -0.4 is 15.6 Å². The molecule has 1 fully saturated rings. The van der Waals surface area contributed by atoms with Gasteiger partial charge in [0.05, 0.1) is 32.5 Å². The van der Waals surface area contributed by atoms with E-state index in [0.29, 0.717) is 24.6 Å². The van der Waals surface area contributed by atoms with E-state index in [1.54, 1.807) is 17.9 Å². The molecule has 1 aromatic carbocycles. The zero-order chi connectivity index (χ0) is 18.1. The van der Waals surface area contributed by atoms with Gasteiger partial charge in [0.2, 0.25) is 5.95 Å². The van der Waals surface area contributed by atoms with E-state index < -0.39 is 0 Å². The van der Waals surface area contributed by atoms with Crippen LogP contribution in [-0.4, -0.2) is 40.3 Å². The van der Waals surface area contributed by atoms with Gasteiger partial charge in [-0.25, -0.2) is 4.98 Å². The Morgan fingerprint density at radius 3 is 2.85 bits per heavy atom. The van der Waals surface area contributed by atoms with E-state index >= 15 is 0 Å². The van der Waals surface area contributed by atoms with E-state index in [9.17, 15) is 4.79 Å². The molecule has 0 spiro atoms. The van der Waals surface area contributed by atoms with E-state index in [2.05, 4.69) is 10.3 Å². The highest BCUT2D eigenvalue weighted by Crippen LogP contribution is 2.16. The summed E-state index contributed by atoms with van der Waals surface area (Å²) in [6.07, 6.45) is 4.53. The molecule has 3 heterocycles. The van der Waals surface area contributed by atoms with Crippen LogP contribution in [0.1, 0.15) is 17.7 Å². The predicted octanol–water partition coefficient (Wildman–Crippen LogP) is 2.06. The normalized spacial score (nSPS) is 16.9. The summed E-state index contributed by atoms with van der Waals surface area (Å²) in [5.41, 5.74) is 2.43. The van der Waals surface area contributed by atoms with Crippen molar-refractivity contribution in [3.63, 3.8) is 0 Å². The van der Waals surface area contributed by atoms with Crippen LogP contribution in [0.4, 0.5) is 5.95 Å². The van der Waals surface area contributed by atoms with Gasteiger partial charge in [-0.3, -0.25) is 9.20 Å². The van der Waals surface area contributed by atoms with Crippen LogP contribution in [0.2, 0.25) is 0 Å². The van der Waals surface area contributed by atoms with E-state index in [-0.39, 0.29) is 11.6 Å². The number of benzene rings is 1. The van der Waals surface area contributed by atoms with Crippen molar-refractivity contribution in [2.75, 3.05) is 25.6 Å². The summed E-state index contributed by atoms with van der Waals surface area (Å²) in [5, 5.41) is 3.36. The van der Waals surface area contributed by atoms with Crippen molar-refractivity contribution in [3.05, 3.63) is 58.3 Å². The average Bonchev–Trinajstić information content (AvgIpc) is 3.30. The van der Waals surface area contributed by atoms with Gasteiger partial charge < -0.3 is 19.4 Å². The number of anilines is 1. The quantitative estimate of drug-likeness (QED) is 0.759. The Balaban J connectivity index is 1.66. The average molecular weight is 354 g/mol. The lowest BCUT2D eigenvalue weighted by atomic mass is 10.2. The van der Waals surface area contributed by atoms with Crippen LogP contribution in [0.25, 0.3) is 5.52 Å². The first kappa shape index (κ1) is 16.7. The van der Waals surface area contributed by atoms with Crippen LogP contribution in [0, 0.1) is 6.92 Å². The molecule has 0 aliphatic carbocycles. The SMILES string of the molecule is COc1ccc(Cn2c(C)cn3c(NC4CCOC4)ncc3c2=O)cc1. The Labute approximate surface area is 151 Å². The molecule has 26 heavy (non-hydrogen) atoms. The summed E-state index contributed by atoms with van der Waals surface area (Å²) in [6.45, 7) is 3.87. The smallest absolute Gasteiger partial charge is 0.277 e. The fourth-order valence-electron chi connectivity index (χ4n) is 3.25. The molecule has 136 valence electrons. The maximum absolute atomic E-state index is 13.0. The number of nitrogens with one attached hydrogen (secondary N) is 1. The number of imidazole rings is 1. The number of aromatic nitrogens is 3. The Morgan fingerprint density at radius 2 is 2.15 bits per heavy atom. The van der Waals surface area contributed by atoms with Crippen molar-refractivity contribution in [2.24, 2.45) is 0 Å². The molecule has 1 aliphatic rings. The highest BCUT2D eigenvalue weighted by molar-refractivity contribution is 5.51. The number of ether oxygens (including phenoxy) is 2. The number of fused-ring (bicyclic) bond motifs is 1. The molecule has 0 amide bonds. The number of rotatable bonds is 5. The first-order valence-corrected chi connectivity index (χ1v) is 8.70. The number of methoxy groups -OCH3 is 1. The standard InChI is InChI=1S/C19H22N4O3/c1-13-10-23-17(9-20-19(23)21-15-7-8-26-12-15)18(24)22(13)11-14-3-5-16(25-2)6-4-14/h3-6,9-10,15H,7-8,11-12H2,1-2H3,(H,20,21). The third-order valence-electron chi connectivity index (χ3n) is 4.77. The molecule has 1 N–H and O–H groups in total. The highest BCUT2D eigenvalue weighted by atomic mass is 16.5. The Bertz CT molecular complexity index is 969. The molecule has 4 rings (SSSR count). The molecule has 7 nitrogen and oxygen atoms in total. The van der Waals surface area contributed by atoms with Gasteiger partial charge in [-0.2, -0.15) is 0 Å². The fraction of sp³-hybridized carbons (Fsp3) is 0.368. The number of aryl methyl sites for hydroxylation is 1. The fourth-order valence-corrected chi connectivity index (χ4v) is 3.25. The molecular weight excluding hydrogens is 332 g/mol. The minimum atomic E-state index is -0.0518. The summed E-state index contributed by atoms with van der Waals surface area (Å²) in [5.74, 6) is 1.49. The van der Waals surface area contributed by atoms with Crippen LogP contribution >= 0.6 is 0 Å². The first-order chi connectivity index (χ1) is 12.7. The molecule has 0 saturated carbocycles. The summed E-state index contributed by atoms with van der Waals surface area (Å²) >= 11 is 0. The third-order valence-corrected chi connectivity index (χ3v) is 4.77. The molecule has 0 radical (unpaired) electrons. The van der Waals surface area contributed by atoms with Gasteiger partial charge in [-0.15, -0.1) is 0 Å². The molecular formula is C19H22N4O3.